The number of aromatic nitrogens is 1. The van der Waals surface area contributed by atoms with Gasteiger partial charge in [-0.25, -0.2) is 0 Å². The summed E-state index contributed by atoms with van der Waals surface area (Å²) in [4.78, 5) is 14.9. The number of rotatable bonds is 5. The van der Waals surface area contributed by atoms with Crippen molar-refractivity contribution in [2.45, 2.75) is 52.6 Å². The van der Waals surface area contributed by atoms with Crippen LogP contribution in [0.5, 0.6) is 0 Å². The fraction of sp³-hybridized carbons (Fsp3) is 0.250. The molecule has 4 nitrogen and oxygen atoms in total. The summed E-state index contributed by atoms with van der Waals surface area (Å²) in [6.45, 7) is 5.88. The number of anilines is 1. The largest absolute Gasteiger partial charge is 0.416 e. The lowest BCUT2D eigenvalue weighted by molar-refractivity contribution is -0.137. The molecule has 0 aliphatic heterocycles. The van der Waals surface area contributed by atoms with Crippen molar-refractivity contribution < 1.29 is 18.0 Å². The van der Waals surface area contributed by atoms with E-state index in [4.69, 9.17) is 0 Å². The van der Waals surface area contributed by atoms with Crippen molar-refractivity contribution in [3.05, 3.63) is 104 Å². The maximum Gasteiger partial charge on any atom is 0.416 e. The highest BCUT2D eigenvalue weighted by molar-refractivity contribution is 7.15. The van der Waals surface area contributed by atoms with Gasteiger partial charge < -0.3 is 9.88 Å². The molecule has 0 fully saturated rings. The van der Waals surface area contributed by atoms with E-state index in [1.807, 2.05) is 51.1 Å². The number of nitrogens with zero attached hydrogens (tertiary/aromatic N) is 2. The van der Waals surface area contributed by atoms with Gasteiger partial charge in [-0.15, -0.1) is 11.3 Å². The first-order valence-corrected chi connectivity index (χ1v) is 13.9. The standard InChI is InChI=1S/C32H28F3N3OS/c1-19-8-14-26(15-9-19)37-30(39)29-27-6-4-5-7-28(27)40-31(29)38-20(2)16-23(21(38)3)17-24(18-36)22-10-12-25(13-11-22)32(33,34)35/h8-17H,4-7H2,1-3H3,(H,37,39)/b24-17-. The Morgan fingerprint density at radius 3 is 2.35 bits per heavy atom. The van der Waals surface area contributed by atoms with Crippen molar-refractivity contribution in [1.29, 1.82) is 5.26 Å². The highest BCUT2D eigenvalue weighted by Crippen LogP contribution is 2.39. The molecule has 0 bridgehead atoms. The third-order valence-corrected chi connectivity index (χ3v) is 8.58. The predicted octanol–water partition coefficient (Wildman–Crippen LogP) is 8.68. The summed E-state index contributed by atoms with van der Waals surface area (Å²) in [6.07, 6.45) is 1.15. The van der Waals surface area contributed by atoms with Gasteiger partial charge in [-0.2, -0.15) is 18.4 Å². The zero-order chi connectivity index (χ0) is 28.6. The Kier molecular flexibility index (Phi) is 7.43. The summed E-state index contributed by atoms with van der Waals surface area (Å²) in [5, 5.41) is 13.8. The maximum absolute atomic E-state index is 13.7. The monoisotopic (exact) mass is 559 g/mol. The van der Waals surface area contributed by atoms with Crippen LogP contribution in [0.4, 0.5) is 18.9 Å². The molecule has 0 radical (unpaired) electrons. The van der Waals surface area contributed by atoms with E-state index in [-0.39, 0.29) is 11.5 Å². The van der Waals surface area contributed by atoms with Crippen molar-refractivity contribution in [1.82, 2.24) is 4.57 Å². The van der Waals surface area contributed by atoms with Gasteiger partial charge in [-0.3, -0.25) is 4.79 Å². The van der Waals surface area contributed by atoms with Gasteiger partial charge in [-0.1, -0.05) is 29.8 Å². The lowest BCUT2D eigenvalue weighted by Gasteiger charge is -2.14. The highest BCUT2D eigenvalue weighted by Gasteiger charge is 2.30. The molecule has 0 saturated heterocycles. The van der Waals surface area contributed by atoms with E-state index in [0.717, 1.165) is 76.6 Å². The fourth-order valence-corrected chi connectivity index (χ4v) is 6.69. The van der Waals surface area contributed by atoms with Crippen molar-refractivity contribution in [3.63, 3.8) is 0 Å². The molecule has 8 heteroatoms. The minimum absolute atomic E-state index is 0.148. The molecule has 40 heavy (non-hydrogen) atoms. The molecule has 0 saturated carbocycles. The van der Waals surface area contributed by atoms with Crippen LogP contribution < -0.4 is 5.32 Å². The molecule has 0 unspecified atom stereocenters. The first-order valence-electron chi connectivity index (χ1n) is 13.1. The molecule has 2 heterocycles. The fourth-order valence-electron chi connectivity index (χ4n) is 5.19. The van der Waals surface area contributed by atoms with E-state index >= 15 is 0 Å². The molecule has 4 aromatic rings. The molecule has 1 aliphatic rings. The van der Waals surface area contributed by atoms with Gasteiger partial charge in [-0.05, 0) is 99.6 Å². The summed E-state index contributed by atoms with van der Waals surface area (Å²) < 4.78 is 41.1. The number of alkyl halides is 3. The summed E-state index contributed by atoms with van der Waals surface area (Å²) >= 11 is 1.63. The number of carbonyl (C=O) groups is 1. The highest BCUT2D eigenvalue weighted by atomic mass is 32.1. The van der Waals surface area contributed by atoms with E-state index in [9.17, 15) is 23.2 Å². The molecule has 1 amide bonds. The van der Waals surface area contributed by atoms with Crippen LogP contribution in [0.2, 0.25) is 0 Å². The number of fused-ring (bicyclic) bond motifs is 1. The van der Waals surface area contributed by atoms with Gasteiger partial charge >= 0.3 is 6.18 Å². The van der Waals surface area contributed by atoms with E-state index in [1.54, 1.807) is 17.4 Å². The molecule has 0 spiro atoms. The topological polar surface area (TPSA) is 57.8 Å². The summed E-state index contributed by atoms with van der Waals surface area (Å²) in [6, 6.07) is 16.4. The van der Waals surface area contributed by atoms with Gasteiger partial charge in [0.05, 0.1) is 22.8 Å². The van der Waals surface area contributed by atoms with E-state index in [2.05, 4.69) is 16.0 Å². The Labute approximate surface area is 235 Å². The second kappa shape index (κ2) is 10.8. The number of nitrogens with one attached hydrogen (secondary N) is 1. The average Bonchev–Trinajstić information content (AvgIpc) is 3.43. The molecule has 5 rings (SSSR count). The predicted molar refractivity (Wildman–Crippen MR) is 154 cm³/mol. The lowest BCUT2D eigenvalue weighted by atomic mass is 9.95. The van der Waals surface area contributed by atoms with Crippen LogP contribution in [-0.4, -0.2) is 10.5 Å². The zero-order valence-corrected chi connectivity index (χ0v) is 23.3. The number of halogens is 3. The third-order valence-electron chi connectivity index (χ3n) is 7.31. The zero-order valence-electron chi connectivity index (χ0n) is 22.4. The minimum atomic E-state index is -4.44. The summed E-state index contributed by atoms with van der Waals surface area (Å²) in [7, 11) is 0. The summed E-state index contributed by atoms with van der Waals surface area (Å²) in [5.74, 6) is -0.148. The van der Waals surface area contributed by atoms with Crippen LogP contribution in [0.25, 0.3) is 16.7 Å². The number of thiophene rings is 1. The Bertz CT molecular complexity index is 1650. The first kappa shape index (κ1) is 27.5. The Morgan fingerprint density at radius 1 is 1.02 bits per heavy atom. The van der Waals surface area contributed by atoms with Crippen molar-refractivity contribution in [2.24, 2.45) is 0 Å². The molecule has 0 atom stereocenters. The van der Waals surface area contributed by atoms with Crippen LogP contribution in [0.3, 0.4) is 0 Å². The molecule has 2 aromatic carbocycles. The number of amides is 1. The van der Waals surface area contributed by atoms with Crippen LogP contribution in [0.1, 0.15) is 67.3 Å². The molecule has 2 aromatic heterocycles. The number of hydrogen-bond acceptors (Lipinski definition) is 3. The summed E-state index contributed by atoms with van der Waals surface area (Å²) in [5.41, 5.74) is 6.05. The normalized spacial score (nSPS) is 13.6. The van der Waals surface area contributed by atoms with Crippen molar-refractivity contribution >= 4 is 34.6 Å². The van der Waals surface area contributed by atoms with E-state index in [1.165, 1.54) is 17.0 Å². The molecular weight excluding hydrogens is 531 g/mol. The average molecular weight is 560 g/mol. The number of nitriles is 1. The number of carbonyl (C=O) groups excluding carboxylic acids is 1. The van der Waals surface area contributed by atoms with Crippen LogP contribution in [-0.2, 0) is 19.0 Å². The lowest BCUT2D eigenvalue weighted by Crippen LogP contribution is -2.17. The van der Waals surface area contributed by atoms with Gasteiger partial charge in [0.25, 0.3) is 5.91 Å². The van der Waals surface area contributed by atoms with Gasteiger partial charge in [0, 0.05) is 22.0 Å². The maximum atomic E-state index is 13.7. The Hall–Kier alpha value is -4.09. The first-order chi connectivity index (χ1) is 19.1. The second-order valence-corrected chi connectivity index (χ2v) is 11.2. The van der Waals surface area contributed by atoms with Crippen LogP contribution in [0.15, 0.2) is 54.6 Å². The molecule has 204 valence electrons. The van der Waals surface area contributed by atoms with E-state index < -0.39 is 11.7 Å². The van der Waals surface area contributed by atoms with Gasteiger partial charge in [0.1, 0.15) is 5.00 Å². The van der Waals surface area contributed by atoms with Crippen LogP contribution in [0, 0.1) is 32.1 Å². The number of benzene rings is 2. The SMILES string of the molecule is Cc1ccc(NC(=O)c2c(-n3c(C)cc(/C=C(/C#N)c4ccc(C(F)(F)F)cc4)c3C)sc3c2CCCC3)cc1. The molecule has 1 N–H and O–H groups in total. The van der Waals surface area contributed by atoms with Crippen molar-refractivity contribution in [3.8, 4) is 11.1 Å². The van der Waals surface area contributed by atoms with Crippen LogP contribution >= 0.6 is 11.3 Å². The number of allylic oxidation sites excluding steroid dienone is 1. The quantitative estimate of drug-likeness (QED) is 0.249. The third kappa shape index (κ3) is 5.34. The minimum Gasteiger partial charge on any atom is -0.322 e. The number of hydrogen-bond donors (Lipinski definition) is 1. The molecular formula is C32H28F3N3OS. The van der Waals surface area contributed by atoms with Gasteiger partial charge in [0.2, 0.25) is 0 Å². The Balaban J connectivity index is 1.56. The smallest absolute Gasteiger partial charge is 0.322 e. The Morgan fingerprint density at radius 2 is 1.70 bits per heavy atom. The van der Waals surface area contributed by atoms with E-state index in [0.29, 0.717) is 11.1 Å². The second-order valence-electron chi connectivity index (χ2n) is 10.1. The number of aryl methyl sites for hydroxylation is 3. The van der Waals surface area contributed by atoms with Gasteiger partial charge in [0.15, 0.2) is 0 Å². The van der Waals surface area contributed by atoms with Crippen molar-refractivity contribution in [2.75, 3.05) is 5.32 Å². The molecule has 1 aliphatic carbocycles.